The third kappa shape index (κ3) is 4.54. The molecule has 2 N–H and O–H groups in total. The van der Waals surface area contributed by atoms with Crippen LogP contribution >= 0.6 is 12.4 Å². The van der Waals surface area contributed by atoms with E-state index in [9.17, 15) is 8.42 Å². The second kappa shape index (κ2) is 7.19. The summed E-state index contributed by atoms with van der Waals surface area (Å²) in [5.74, 6) is 0. The topological polar surface area (TPSA) is 64.7 Å². The lowest BCUT2D eigenvalue weighted by molar-refractivity contribution is 0.179. The lowest BCUT2D eigenvalue weighted by atomic mass is 10.2. The van der Waals surface area contributed by atoms with Crippen LogP contribution in [0.5, 0.6) is 0 Å². The van der Waals surface area contributed by atoms with Crippen molar-refractivity contribution in [3.63, 3.8) is 0 Å². The Morgan fingerprint density at radius 1 is 1.21 bits per heavy atom. The summed E-state index contributed by atoms with van der Waals surface area (Å²) in [5, 5.41) is 3.32. The van der Waals surface area contributed by atoms with Crippen LogP contribution in [0.4, 0.5) is 0 Å². The number of halogens is 1. The molecule has 2 aliphatic heterocycles. The first kappa shape index (κ1) is 17.1. The molecule has 0 spiro atoms. The molecule has 19 heavy (non-hydrogen) atoms. The van der Waals surface area contributed by atoms with Crippen LogP contribution < -0.4 is 10.0 Å². The van der Waals surface area contributed by atoms with Crippen LogP contribution in [0.1, 0.15) is 20.3 Å². The molecule has 0 aliphatic carbocycles. The number of piperazine rings is 1. The lowest BCUT2D eigenvalue weighted by Gasteiger charge is -2.32. The van der Waals surface area contributed by atoms with E-state index in [4.69, 9.17) is 0 Å². The monoisotopic (exact) mass is 312 g/mol. The second-order valence-electron chi connectivity index (χ2n) is 5.36. The average Bonchev–Trinajstić information content (AvgIpc) is 2.78. The molecule has 0 radical (unpaired) electrons. The SMILES string of the molecule is CC(C)NS(=O)(=O)N1CCC(N2CCNCC2)C1.Cl. The molecule has 2 rings (SSSR count). The third-order valence-electron chi connectivity index (χ3n) is 3.52. The Morgan fingerprint density at radius 2 is 1.84 bits per heavy atom. The molecule has 1 unspecified atom stereocenters. The Labute approximate surface area is 122 Å². The fraction of sp³-hybridized carbons (Fsp3) is 1.00. The molecule has 0 amide bonds. The van der Waals surface area contributed by atoms with E-state index in [0.717, 1.165) is 32.6 Å². The molecule has 0 saturated carbocycles. The summed E-state index contributed by atoms with van der Waals surface area (Å²) in [6, 6.07) is 0.337. The molecule has 6 nitrogen and oxygen atoms in total. The van der Waals surface area contributed by atoms with Crippen molar-refractivity contribution < 1.29 is 8.42 Å². The van der Waals surface area contributed by atoms with Gasteiger partial charge < -0.3 is 5.32 Å². The zero-order chi connectivity index (χ0) is 13.2. The van der Waals surface area contributed by atoms with Gasteiger partial charge in [0.2, 0.25) is 0 Å². The summed E-state index contributed by atoms with van der Waals surface area (Å²) >= 11 is 0. The van der Waals surface area contributed by atoms with Crippen LogP contribution in [0.3, 0.4) is 0 Å². The van der Waals surface area contributed by atoms with Gasteiger partial charge in [0, 0.05) is 51.4 Å². The van der Waals surface area contributed by atoms with Gasteiger partial charge in [0.1, 0.15) is 0 Å². The van der Waals surface area contributed by atoms with Crippen LogP contribution in [0, 0.1) is 0 Å². The van der Waals surface area contributed by atoms with Crippen LogP contribution in [-0.2, 0) is 10.2 Å². The standard InChI is InChI=1S/C11H24N4O2S.ClH/c1-10(2)13-18(16,17)15-6-3-11(9-15)14-7-4-12-5-8-14;/h10-13H,3-9H2,1-2H3;1H. The highest BCUT2D eigenvalue weighted by Gasteiger charge is 2.34. The van der Waals surface area contributed by atoms with E-state index < -0.39 is 10.2 Å². The lowest BCUT2D eigenvalue weighted by Crippen LogP contribution is -2.50. The van der Waals surface area contributed by atoms with Gasteiger partial charge in [0.25, 0.3) is 10.2 Å². The molecular weight excluding hydrogens is 288 g/mol. The maximum Gasteiger partial charge on any atom is 0.279 e. The van der Waals surface area contributed by atoms with Gasteiger partial charge in [-0.2, -0.15) is 17.4 Å². The van der Waals surface area contributed by atoms with E-state index in [1.807, 2.05) is 13.8 Å². The highest BCUT2D eigenvalue weighted by Crippen LogP contribution is 2.18. The Bertz CT molecular complexity index is 371. The first-order valence-electron chi connectivity index (χ1n) is 6.71. The molecule has 2 fully saturated rings. The van der Waals surface area contributed by atoms with Gasteiger partial charge in [-0.25, -0.2) is 0 Å². The molecule has 2 aliphatic rings. The van der Waals surface area contributed by atoms with Gasteiger partial charge in [0.15, 0.2) is 0 Å². The van der Waals surface area contributed by atoms with Gasteiger partial charge in [0.05, 0.1) is 0 Å². The van der Waals surface area contributed by atoms with Crippen molar-refractivity contribution in [3.8, 4) is 0 Å². The molecule has 114 valence electrons. The van der Waals surface area contributed by atoms with Crippen LogP contribution in [-0.4, -0.2) is 69.0 Å². The molecular formula is C11H25ClN4O2S. The van der Waals surface area contributed by atoms with Gasteiger partial charge in [-0.05, 0) is 20.3 Å². The quantitative estimate of drug-likeness (QED) is 0.743. The molecule has 0 aromatic rings. The molecule has 8 heteroatoms. The van der Waals surface area contributed by atoms with E-state index in [1.54, 1.807) is 4.31 Å². The highest BCUT2D eigenvalue weighted by molar-refractivity contribution is 7.87. The van der Waals surface area contributed by atoms with E-state index in [1.165, 1.54) is 0 Å². The molecule has 0 aromatic heterocycles. The first-order chi connectivity index (χ1) is 8.49. The summed E-state index contributed by atoms with van der Waals surface area (Å²) in [4.78, 5) is 2.40. The second-order valence-corrected chi connectivity index (χ2v) is 7.07. The smallest absolute Gasteiger partial charge is 0.279 e. The summed E-state index contributed by atoms with van der Waals surface area (Å²) in [5.41, 5.74) is 0. The van der Waals surface area contributed by atoms with Gasteiger partial charge in [-0.3, -0.25) is 4.90 Å². The Kier molecular flexibility index (Phi) is 6.49. The van der Waals surface area contributed by atoms with Gasteiger partial charge >= 0.3 is 0 Å². The van der Waals surface area contributed by atoms with Crippen molar-refractivity contribution in [2.45, 2.75) is 32.4 Å². The van der Waals surface area contributed by atoms with Gasteiger partial charge in [-0.1, -0.05) is 0 Å². The number of nitrogens with zero attached hydrogens (tertiary/aromatic N) is 2. The van der Waals surface area contributed by atoms with Crippen molar-refractivity contribution in [2.24, 2.45) is 0 Å². The molecule has 2 saturated heterocycles. The molecule has 2 heterocycles. The average molecular weight is 313 g/mol. The zero-order valence-electron chi connectivity index (χ0n) is 11.6. The Morgan fingerprint density at radius 3 is 2.42 bits per heavy atom. The summed E-state index contributed by atoms with van der Waals surface area (Å²) in [7, 11) is -3.29. The number of rotatable bonds is 4. The first-order valence-corrected chi connectivity index (χ1v) is 8.15. The van der Waals surface area contributed by atoms with E-state index >= 15 is 0 Å². The van der Waals surface area contributed by atoms with Crippen molar-refractivity contribution in [2.75, 3.05) is 39.3 Å². The number of nitrogens with one attached hydrogen (secondary N) is 2. The Hall–Kier alpha value is 0.0800. The van der Waals surface area contributed by atoms with Crippen LogP contribution in [0.2, 0.25) is 0 Å². The summed E-state index contributed by atoms with van der Waals surface area (Å²) in [6.45, 7) is 9.02. The summed E-state index contributed by atoms with van der Waals surface area (Å²) < 4.78 is 28.3. The number of hydrogen-bond donors (Lipinski definition) is 2. The predicted octanol–water partition coefficient (Wildman–Crippen LogP) is -0.369. The zero-order valence-corrected chi connectivity index (χ0v) is 13.3. The fourth-order valence-corrected chi connectivity index (χ4v) is 4.11. The molecule has 0 bridgehead atoms. The van der Waals surface area contributed by atoms with Crippen LogP contribution in [0.15, 0.2) is 0 Å². The highest BCUT2D eigenvalue weighted by atomic mass is 35.5. The number of hydrogen-bond acceptors (Lipinski definition) is 4. The van der Waals surface area contributed by atoms with Gasteiger partial charge in [-0.15, -0.1) is 12.4 Å². The van der Waals surface area contributed by atoms with E-state index in [0.29, 0.717) is 19.1 Å². The Balaban J connectivity index is 0.00000180. The largest absolute Gasteiger partial charge is 0.314 e. The minimum Gasteiger partial charge on any atom is -0.314 e. The molecule has 1 atom stereocenters. The van der Waals surface area contributed by atoms with E-state index in [2.05, 4.69) is 14.9 Å². The normalized spacial score (nSPS) is 26.6. The maximum absolute atomic E-state index is 12.1. The van der Waals surface area contributed by atoms with E-state index in [-0.39, 0.29) is 18.4 Å². The van der Waals surface area contributed by atoms with Crippen molar-refractivity contribution in [3.05, 3.63) is 0 Å². The predicted molar refractivity (Wildman–Crippen MR) is 78.9 cm³/mol. The fourth-order valence-electron chi connectivity index (χ4n) is 2.65. The third-order valence-corrected chi connectivity index (χ3v) is 5.30. The molecule has 0 aromatic carbocycles. The summed E-state index contributed by atoms with van der Waals surface area (Å²) in [6.07, 6.45) is 0.943. The van der Waals surface area contributed by atoms with Crippen molar-refractivity contribution >= 4 is 22.6 Å². The van der Waals surface area contributed by atoms with Crippen LogP contribution in [0.25, 0.3) is 0 Å². The van der Waals surface area contributed by atoms with Crippen molar-refractivity contribution in [1.29, 1.82) is 0 Å². The minimum atomic E-state index is -3.29. The van der Waals surface area contributed by atoms with Crippen molar-refractivity contribution in [1.82, 2.24) is 19.2 Å². The minimum absolute atomic E-state index is 0. The maximum atomic E-state index is 12.1.